The van der Waals surface area contributed by atoms with Gasteiger partial charge in [0.05, 0.1) is 30.9 Å². The van der Waals surface area contributed by atoms with Gasteiger partial charge in [0.15, 0.2) is 0 Å². The number of hydrogen-bond acceptors (Lipinski definition) is 11. The maximum Gasteiger partial charge on any atom is 0.142 e. The number of aromatic nitrogens is 1. The molecule has 0 atom stereocenters. The van der Waals surface area contributed by atoms with Crippen LogP contribution in [0, 0.1) is 23.7 Å². The Morgan fingerprint density at radius 2 is 1.47 bits per heavy atom. The van der Waals surface area contributed by atoms with Crippen molar-refractivity contribution >= 4 is 35.1 Å². The molecule has 0 radical (unpaired) electrons. The van der Waals surface area contributed by atoms with Crippen LogP contribution in [0.1, 0.15) is 44.5 Å². The van der Waals surface area contributed by atoms with Crippen LogP contribution in [-0.4, -0.2) is 54.8 Å². The van der Waals surface area contributed by atoms with Crippen molar-refractivity contribution in [3.05, 3.63) is 134 Å². The highest BCUT2D eigenvalue weighted by Crippen LogP contribution is 2.36. The molecular formula is C42H44Cl2N6O5. The summed E-state index contributed by atoms with van der Waals surface area (Å²) in [7, 11) is 1.59. The summed E-state index contributed by atoms with van der Waals surface area (Å²) in [5, 5.41) is 46.9. The second-order valence-corrected chi connectivity index (χ2v) is 13.4. The van der Waals surface area contributed by atoms with Crippen LogP contribution in [0.4, 0.5) is 5.69 Å². The van der Waals surface area contributed by atoms with Gasteiger partial charge in [-0.05, 0) is 65.1 Å². The molecule has 0 spiro atoms. The first-order valence-corrected chi connectivity index (χ1v) is 18.4. The number of rotatable bonds is 20. The monoisotopic (exact) mass is 782 g/mol. The zero-order valence-electron chi connectivity index (χ0n) is 30.7. The Morgan fingerprint density at radius 1 is 0.782 bits per heavy atom. The minimum Gasteiger partial charge on any atom is -0.496 e. The summed E-state index contributed by atoms with van der Waals surface area (Å²) < 4.78 is 18.0. The van der Waals surface area contributed by atoms with Crippen molar-refractivity contribution in [1.82, 2.24) is 15.6 Å². The zero-order chi connectivity index (χ0) is 39.2. The Kier molecular flexibility index (Phi) is 15.3. The molecule has 1 heterocycles. The van der Waals surface area contributed by atoms with Crippen LogP contribution >= 0.6 is 23.2 Å². The predicted octanol–water partition coefficient (Wildman–Crippen LogP) is 7.18. The number of pyridine rings is 1. The fourth-order valence-corrected chi connectivity index (χ4v) is 6.53. The third-order valence-electron chi connectivity index (χ3n) is 8.93. The number of aliphatic hydroxyl groups is 2. The van der Waals surface area contributed by atoms with E-state index in [2.05, 4.69) is 27.0 Å². The van der Waals surface area contributed by atoms with Crippen LogP contribution in [0.5, 0.6) is 17.2 Å². The molecule has 0 saturated heterocycles. The lowest BCUT2D eigenvalue weighted by molar-refractivity contribution is 0.287. The molecule has 286 valence electrons. The highest BCUT2D eigenvalue weighted by molar-refractivity contribution is 6.32. The standard InChI is InChI=1S/C42H44Cl2N6O5/c1-27-30(26-55-42-17-40(53-2)32(15-38(42)44)22-47-9-11-51)5-3-6-34(27)35-7-4-8-39(36(35)19-46)50-24-31-16-41(33(14-37(31)43)23-48-10-12-52)54-25-29-13-28(18-45)20-49-21-29/h3-8,13-17,19-21,46-48,50-52H,9-12,22-26H2,1-2H3. The molecule has 5 aromatic rings. The van der Waals surface area contributed by atoms with Gasteiger partial charge in [0.1, 0.15) is 36.5 Å². The fraction of sp³-hybridized carbons (Fsp3) is 0.262. The quantitative estimate of drug-likeness (QED) is 0.0352. The third kappa shape index (κ3) is 10.7. The second-order valence-electron chi connectivity index (χ2n) is 12.6. The summed E-state index contributed by atoms with van der Waals surface area (Å²) >= 11 is 13.4. The van der Waals surface area contributed by atoms with E-state index in [-0.39, 0.29) is 26.4 Å². The molecule has 0 bridgehead atoms. The SMILES string of the molecule is COc1cc(OCc2cccc(-c3cccc(NCc4cc(OCc5cncc(C#N)c5)c(CNCCO)cc4Cl)c3C=N)c2C)c(Cl)cc1CNCCO. The minimum absolute atomic E-state index is 0.00448. The maximum absolute atomic E-state index is 9.28. The molecule has 5 rings (SSSR count). The summed E-state index contributed by atoms with van der Waals surface area (Å²) in [6.07, 6.45) is 4.51. The Labute approximate surface area is 331 Å². The number of nitrogens with zero attached hydrogens (tertiary/aromatic N) is 2. The number of hydrogen-bond donors (Lipinski definition) is 6. The van der Waals surface area contributed by atoms with E-state index in [9.17, 15) is 10.4 Å². The van der Waals surface area contributed by atoms with Crippen molar-refractivity contribution in [2.45, 2.75) is 39.8 Å². The van der Waals surface area contributed by atoms with Crippen molar-refractivity contribution in [3.63, 3.8) is 0 Å². The van der Waals surface area contributed by atoms with E-state index in [1.807, 2.05) is 55.5 Å². The van der Waals surface area contributed by atoms with E-state index in [0.29, 0.717) is 71.1 Å². The average molecular weight is 784 g/mol. The molecule has 0 fully saturated rings. The molecule has 0 saturated carbocycles. The van der Waals surface area contributed by atoms with Crippen LogP contribution < -0.4 is 30.2 Å². The summed E-state index contributed by atoms with van der Waals surface area (Å²) in [5.74, 6) is 1.73. The lowest BCUT2D eigenvalue weighted by Crippen LogP contribution is -2.18. The molecule has 0 unspecified atom stereocenters. The van der Waals surface area contributed by atoms with Gasteiger partial charge in [0, 0.05) is 90.4 Å². The molecule has 1 aromatic heterocycles. The summed E-state index contributed by atoms with van der Waals surface area (Å²) in [5.41, 5.74) is 8.93. The molecule has 55 heavy (non-hydrogen) atoms. The molecule has 0 aliphatic heterocycles. The number of nitriles is 1. The van der Waals surface area contributed by atoms with Crippen molar-refractivity contribution in [1.29, 1.82) is 10.7 Å². The number of anilines is 1. The van der Waals surface area contributed by atoms with Crippen molar-refractivity contribution < 1.29 is 24.4 Å². The first-order valence-electron chi connectivity index (χ1n) is 17.7. The summed E-state index contributed by atoms with van der Waals surface area (Å²) in [6.45, 7) is 4.66. The molecular weight excluding hydrogens is 739 g/mol. The van der Waals surface area contributed by atoms with E-state index < -0.39 is 0 Å². The highest BCUT2D eigenvalue weighted by Gasteiger charge is 2.16. The zero-order valence-corrected chi connectivity index (χ0v) is 32.2. The topological polar surface area (TPSA) is 165 Å². The Bertz CT molecular complexity index is 2140. The van der Waals surface area contributed by atoms with Crippen LogP contribution in [0.15, 0.2) is 79.1 Å². The minimum atomic E-state index is -0.00448. The number of nitrogens with one attached hydrogen (secondary N) is 4. The van der Waals surface area contributed by atoms with Gasteiger partial charge in [0.2, 0.25) is 0 Å². The Hall–Kier alpha value is -5.19. The van der Waals surface area contributed by atoms with E-state index >= 15 is 0 Å². The fourth-order valence-electron chi connectivity index (χ4n) is 6.04. The van der Waals surface area contributed by atoms with Crippen LogP contribution in [0.2, 0.25) is 10.0 Å². The van der Waals surface area contributed by atoms with Crippen molar-refractivity contribution in [2.24, 2.45) is 0 Å². The van der Waals surface area contributed by atoms with E-state index in [1.165, 1.54) is 12.4 Å². The smallest absolute Gasteiger partial charge is 0.142 e. The van der Waals surface area contributed by atoms with Crippen LogP contribution in [0.25, 0.3) is 11.1 Å². The number of halogens is 2. The van der Waals surface area contributed by atoms with E-state index in [4.69, 9.17) is 47.9 Å². The second kappa shape index (κ2) is 20.5. The van der Waals surface area contributed by atoms with Gasteiger partial charge in [-0.3, -0.25) is 4.98 Å². The number of methoxy groups -OCH3 is 1. The van der Waals surface area contributed by atoms with Gasteiger partial charge in [0.25, 0.3) is 0 Å². The first-order chi connectivity index (χ1) is 26.8. The Morgan fingerprint density at radius 3 is 2.18 bits per heavy atom. The van der Waals surface area contributed by atoms with Gasteiger partial charge in [-0.1, -0.05) is 53.5 Å². The number of ether oxygens (including phenoxy) is 3. The normalized spacial score (nSPS) is 10.9. The molecule has 11 nitrogen and oxygen atoms in total. The largest absolute Gasteiger partial charge is 0.496 e. The third-order valence-corrected chi connectivity index (χ3v) is 9.58. The highest BCUT2D eigenvalue weighted by atomic mass is 35.5. The molecule has 0 amide bonds. The van der Waals surface area contributed by atoms with Gasteiger partial charge < -0.3 is 45.8 Å². The maximum atomic E-state index is 9.28. The van der Waals surface area contributed by atoms with E-state index in [0.717, 1.165) is 50.2 Å². The molecule has 0 aliphatic carbocycles. The van der Waals surface area contributed by atoms with Gasteiger partial charge in [-0.15, -0.1) is 0 Å². The van der Waals surface area contributed by atoms with Gasteiger partial charge in [-0.25, -0.2) is 0 Å². The first kappa shape index (κ1) is 41.0. The lowest BCUT2D eigenvalue weighted by atomic mass is 9.92. The average Bonchev–Trinajstić information content (AvgIpc) is 3.20. The molecule has 4 aromatic carbocycles. The van der Waals surface area contributed by atoms with Gasteiger partial charge in [-0.2, -0.15) is 5.26 Å². The van der Waals surface area contributed by atoms with E-state index in [1.54, 1.807) is 31.5 Å². The van der Waals surface area contributed by atoms with Crippen molar-refractivity contribution in [2.75, 3.05) is 38.7 Å². The molecule has 6 N–H and O–H groups in total. The van der Waals surface area contributed by atoms with Crippen LogP contribution in [-0.2, 0) is 32.8 Å². The molecule has 0 aliphatic rings. The lowest BCUT2D eigenvalue weighted by Gasteiger charge is -2.19. The predicted molar refractivity (Wildman–Crippen MR) is 216 cm³/mol. The number of aliphatic hydroxyl groups excluding tert-OH is 2. The summed E-state index contributed by atoms with van der Waals surface area (Å²) in [6, 6.07) is 23.0. The Balaban J connectivity index is 1.35. The van der Waals surface area contributed by atoms with Crippen LogP contribution in [0.3, 0.4) is 0 Å². The van der Waals surface area contributed by atoms with Crippen molar-refractivity contribution in [3.8, 4) is 34.4 Å². The summed E-state index contributed by atoms with van der Waals surface area (Å²) in [4.78, 5) is 4.13. The van der Waals surface area contributed by atoms with Gasteiger partial charge >= 0.3 is 0 Å². The molecule has 13 heteroatoms. The number of benzene rings is 4.